The standard InChI is InChI=1S/C9H12N2O/c1-2-12-9(11)7-3-5-8(10)6-4-7/h3-6,11H,2,10H2,1H3. The molecule has 0 saturated carbocycles. The molecular formula is C9H12N2O. The van der Waals surface area contributed by atoms with Crippen LogP contribution in [0.5, 0.6) is 0 Å². The molecule has 0 heterocycles. The fraction of sp³-hybridized carbons (Fsp3) is 0.222. The summed E-state index contributed by atoms with van der Waals surface area (Å²) in [5, 5.41) is 7.44. The maximum Gasteiger partial charge on any atom is 0.213 e. The Labute approximate surface area is 71.7 Å². The first-order valence-corrected chi connectivity index (χ1v) is 3.81. The molecule has 0 amide bonds. The number of benzene rings is 1. The van der Waals surface area contributed by atoms with Crippen molar-refractivity contribution >= 4 is 11.6 Å². The average molecular weight is 164 g/mol. The van der Waals surface area contributed by atoms with Crippen LogP contribution in [0.2, 0.25) is 0 Å². The molecular weight excluding hydrogens is 152 g/mol. The Morgan fingerprint density at radius 2 is 2.00 bits per heavy atom. The van der Waals surface area contributed by atoms with Crippen LogP contribution in [0.4, 0.5) is 5.69 Å². The van der Waals surface area contributed by atoms with E-state index in [1.807, 2.05) is 6.92 Å². The van der Waals surface area contributed by atoms with Crippen LogP contribution >= 0.6 is 0 Å². The van der Waals surface area contributed by atoms with Crippen LogP contribution in [-0.4, -0.2) is 12.5 Å². The molecule has 0 atom stereocenters. The first-order valence-electron chi connectivity index (χ1n) is 3.81. The third kappa shape index (κ3) is 1.99. The molecule has 0 saturated heterocycles. The molecule has 0 spiro atoms. The van der Waals surface area contributed by atoms with Crippen LogP contribution in [0.3, 0.4) is 0 Å². The fourth-order valence-corrected chi connectivity index (χ4v) is 0.862. The molecule has 0 bridgehead atoms. The smallest absolute Gasteiger partial charge is 0.213 e. The van der Waals surface area contributed by atoms with E-state index < -0.39 is 0 Å². The molecule has 0 fully saturated rings. The van der Waals surface area contributed by atoms with Gasteiger partial charge in [0.1, 0.15) is 0 Å². The molecule has 1 rings (SSSR count). The van der Waals surface area contributed by atoms with E-state index in [0.29, 0.717) is 12.3 Å². The molecule has 12 heavy (non-hydrogen) atoms. The normalized spacial score (nSPS) is 9.42. The van der Waals surface area contributed by atoms with Gasteiger partial charge in [-0.3, -0.25) is 5.41 Å². The first kappa shape index (κ1) is 8.59. The predicted octanol–water partition coefficient (Wildman–Crippen LogP) is 1.63. The van der Waals surface area contributed by atoms with Crippen molar-refractivity contribution in [3.63, 3.8) is 0 Å². The summed E-state index contributed by atoms with van der Waals surface area (Å²) in [6, 6.07) is 7.05. The van der Waals surface area contributed by atoms with Gasteiger partial charge < -0.3 is 10.5 Å². The SMILES string of the molecule is CCOC(=N)c1ccc(N)cc1. The summed E-state index contributed by atoms with van der Waals surface area (Å²) in [6.07, 6.45) is 0. The van der Waals surface area contributed by atoms with E-state index >= 15 is 0 Å². The Kier molecular flexibility index (Phi) is 2.69. The zero-order valence-electron chi connectivity index (χ0n) is 7.00. The minimum atomic E-state index is 0.192. The number of hydrogen-bond donors (Lipinski definition) is 2. The summed E-state index contributed by atoms with van der Waals surface area (Å²) in [7, 11) is 0. The van der Waals surface area contributed by atoms with E-state index in [9.17, 15) is 0 Å². The second kappa shape index (κ2) is 3.76. The molecule has 1 aromatic rings. The van der Waals surface area contributed by atoms with Crippen LogP contribution in [0.15, 0.2) is 24.3 Å². The van der Waals surface area contributed by atoms with Crippen molar-refractivity contribution < 1.29 is 4.74 Å². The summed E-state index contributed by atoms with van der Waals surface area (Å²) in [4.78, 5) is 0. The minimum absolute atomic E-state index is 0.192. The molecule has 1 aromatic carbocycles. The number of nitrogen functional groups attached to an aromatic ring is 1. The van der Waals surface area contributed by atoms with Crippen LogP contribution in [0.25, 0.3) is 0 Å². The Morgan fingerprint density at radius 1 is 1.42 bits per heavy atom. The molecule has 0 radical (unpaired) electrons. The third-order valence-corrected chi connectivity index (χ3v) is 1.46. The molecule has 3 nitrogen and oxygen atoms in total. The molecule has 0 aliphatic heterocycles. The van der Waals surface area contributed by atoms with E-state index in [0.717, 1.165) is 5.56 Å². The number of nitrogens with one attached hydrogen (secondary N) is 1. The Bertz CT molecular complexity index is 266. The zero-order chi connectivity index (χ0) is 8.97. The van der Waals surface area contributed by atoms with E-state index in [-0.39, 0.29) is 5.90 Å². The van der Waals surface area contributed by atoms with Crippen LogP contribution in [0.1, 0.15) is 12.5 Å². The lowest BCUT2D eigenvalue weighted by Crippen LogP contribution is -2.04. The lowest BCUT2D eigenvalue weighted by Gasteiger charge is -2.04. The van der Waals surface area contributed by atoms with Crippen molar-refractivity contribution in [2.45, 2.75) is 6.92 Å². The molecule has 0 aromatic heterocycles. The van der Waals surface area contributed by atoms with Crippen LogP contribution in [0, 0.1) is 5.41 Å². The van der Waals surface area contributed by atoms with Crippen LogP contribution in [-0.2, 0) is 4.74 Å². The molecule has 3 N–H and O–H groups in total. The summed E-state index contributed by atoms with van der Waals surface area (Å²) in [6.45, 7) is 2.37. The highest BCUT2D eigenvalue weighted by Crippen LogP contribution is 2.06. The number of nitrogens with two attached hydrogens (primary N) is 1. The van der Waals surface area contributed by atoms with E-state index in [2.05, 4.69) is 0 Å². The summed E-state index contributed by atoms with van der Waals surface area (Å²) in [5.74, 6) is 0.192. The third-order valence-electron chi connectivity index (χ3n) is 1.46. The van der Waals surface area contributed by atoms with Gasteiger partial charge >= 0.3 is 0 Å². The quantitative estimate of drug-likeness (QED) is 0.396. The van der Waals surface area contributed by atoms with Crippen molar-refractivity contribution in [2.24, 2.45) is 0 Å². The van der Waals surface area contributed by atoms with E-state index in [1.54, 1.807) is 24.3 Å². The highest BCUT2D eigenvalue weighted by Gasteiger charge is 1.99. The van der Waals surface area contributed by atoms with Gasteiger partial charge in [0.05, 0.1) is 6.61 Å². The monoisotopic (exact) mass is 164 g/mol. The van der Waals surface area contributed by atoms with Gasteiger partial charge in [-0.1, -0.05) is 0 Å². The average Bonchev–Trinajstić information content (AvgIpc) is 2.06. The zero-order valence-corrected chi connectivity index (χ0v) is 7.00. The van der Waals surface area contributed by atoms with Crippen LogP contribution < -0.4 is 5.73 Å². The Balaban J connectivity index is 2.75. The maximum absolute atomic E-state index is 7.44. The molecule has 3 heteroatoms. The van der Waals surface area contributed by atoms with Gasteiger partial charge in [0.15, 0.2) is 0 Å². The highest BCUT2D eigenvalue weighted by molar-refractivity contribution is 5.91. The van der Waals surface area contributed by atoms with E-state index in [4.69, 9.17) is 15.9 Å². The molecule has 64 valence electrons. The largest absolute Gasteiger partial charge is 0.478 e. The van der Waals surface area contributed by atoms with Crippen molar-refractivity contribution in [3.05, 3.63) is 29.8 Å². The minimum Gasteiger partial charge on any atom is -0.478 e. The number of anilines is 1. The first-order chi connectivity index (χ1) is 5.74. The van der Waals surface area contributed by atoms with Gasteiger partial charge in [0.25, 0.3) is 0 Å². The van der Waals surface area contributed by atoms with Crippen molar-refractivity contribution in [1.82, 2.24) is 0 Å². The number of hydrogen-bond acceptors (Lipinski definition) is 3. The van der Waals surface area contributed by atoms with Crippen molar-refractivity contribution in [2.75, 3.05) is 12.3 Å². The van der Waals surface area contributed by atoms with Gasteiger partial charge in [-0.25, -0.2) is 0 Å². The molecule has 0 aliphatic carbocycles. The molecule has 0 aliphatic rings. The van der Waals surface area contributed by atoms with Gasteiger partial charge in [-0.15, -0.1) is 0 Å². The van der Waals surface area contributed by atoms with E-state index in [1.165, 1.54) is 0 Å². The summed E-state index contributed by atoms with van der Waals surface area (Å²) >= 11 is 0. The van der Waals surface area contributed by atoms with Gasteiger partial charge in [0.2, 0.25) is 5.90 Å². The Hall–Kier alpha value is -1.51. The second-order valence-corrected chi connectivity index (χ2v) is 2.38. The fourth-order valence-electron chi connectivity index (χ4n) is 0.862. The maximum atomic E-state index is 7.44. The Morgan fingerprint density at radius 3 is 2.50 bits per heavy atom. The summed E-state index contributed by atoms with van der Waals surface area (Å²) in [5.41, 5.74) is 6.94. The number of ether oxygens (including phenoxy) is 1. The summed E-state index contributed by atoms with van der Waals surface area (Å²) < 4.78 is 5.01. The van der Waals surface area contributed by atoms with Gasteiger partial charge in [-0.05, 0) is 31.2 Å². The van der Waals surface area contributed by atoms with Gasteiger partial charge in [0, 0.05) is 11.3 Å². The lowest BCUT2D eigenvalue weighted by atomic mass is 10.2. The topological polar surface area (TPSA) is 59.1 Å². The lowest BCUT2D eigenvalue weighted by molar-refractivity contribution is 0.325. The second-order valence-electron chi connectivity index (χ2n) is 2.38. The van der Waals surface area contributed by atoms with Gasteiger partial charge in [-0.2, -0.15) is 0 Å². The molecule has 0 unspecified atom stereocenters. The van der Waals surface area contributed by atoms with Crippen molar-refractivity contribution in [3.8, 4) is 0 Å². The predicted molar refractivity (Wildman–Crippen MR) is 49.3 cm³/mol. The number of rotatable bonds is 2. The highest BCUT2D eigenvalue weighted by atomic mass is 16.5. The van der Waals surface area contributed by atoms with Crippen molar-refractivity contribution in [1.29, 1.82) is 5.41 Å².